The summed E-state index contributed by atoms with van der Waals surface area (Å²) in [7, 11) is 5.44. The number of nitrogens with one attached hydrogen (secondary N) is 1. The average molecular weight is 373 g/mol. The lowest BCUT2D eigenvalue weighted by atomic mass is 9.91. The number of fused-ring (bicyclic) bond motifs is 1. The Hall–Kier alpha value is -2.54. The molecule has 0 fully saturated rings. The first kappa shape index (κ1) is 18.3. The van der Waals surface area contributed by atoms with E-state index < -0.39 is 0 Å². The Kier molecular flexibility index (Phi) is 5.18. The molecule has 7 heteroatoms. The summed E-state index contributed by atoms with van der Waals surface area (Å²) in [6, 6.07) is 3.74. The molecule has 26 heavy (non-hydrogen) atoms. The number of phenolic OH excluding ortho intramolecular Hbond substituents is 1. The van der Waals surface area contributed by atoms with Crippen molar-refractivity contribution in [1.82, 2.24) is 10.3 Å². The van der Waals surface area contributed by atoms with Crippen LogP contribution < -0.4 is 15.0 Å². The number of benzene rings is 1. The number of amides is 1. The topological polar surface area (TPSA) is 74.7 Å². The molecule has 3 rings (SSSR count). The maximum Gasteiger partial charge on any atom is 0.221 e. The van der Waals surface area contributed by atoms with Gasteiger partial charge in [-0.15, -0.1) is 17.9 Å². The molecule has 0 saturated heterocycles. The van der Waals surface area contributed by atoms with Gasteiger partial charge < -0.3 is 20.1 Å². The van der Waals surface area contributed by atoms with Gasteiger partial charge in [-0.05, 0) is 18.1 Å². The monoisotopic (exact) mass is 373 g/mol. The molecule has 0 spiro atoms. The molecule has 138 valence electrons. The minimum atomic E-state index is -0.128. The van der Waals surface area contributed by atoms with E-state index in [0.29, 0.717) is 25.1 Å². The van der Waals surface area contributed by atoms with Crippen molar-refractivity contribution in [2.24, 2.45) is 0 Å². The third-order valence-electron chi connectivity index (χ3n) is 4.42. The van der Waals surface area contributed by atoms with Crippen LogP contribution >= 0.6 is 11.3 Å². The molecule has 0 radical (unpaired) electrons. The highest BCUT2D eigenvalue weighted by Crippen LogP contribution is 2.42. The predicted octanol–water partition coefficient (Wildman–Crippen LogP) is 2.80. The molecule has 0 bridgehead atoms. The molecule has 1 aliphatic heterocycles. The van der Waals surface area contributed by atoms with Gasteiger partial charge in [0.1, 0.15) is 0 Å². The van der Waals surface area contributed by atoms with Crippen molar-refractivity contribution < 1.29 is 14.6 Å². The van der Waals surface area contributed by atoms with E-state index in [1.165, 1.54) is 7.11 Å². The van der Waals surface area contributed by atoms with E-state index in [9.17, 15) is 9.90 Å². The number of methoxy groups -OCH3 is 1. The molecule has 1 aliphatic rings. The van der Waals surface area contributed by atoms with E-state index in [4.69, 9.17) is 4.74 Å². The number of allylic oxidation sites excluding steroid dienone is 1. The minimum Gasteiger partial charge on any atom is -0.504 e. The van der Waals surface area contributed by atoms with Crippen molar-refractivity contribution in [3.8, 4) is 11.5 Å². The van der Waals surface area contributed by atoms with Crippen LogP contribution in [0.15, 0.2) is 24.8 Å². The molecule has 6 nitrogen and oxygen atoms in total. The third kappa shape index (κ3) is 3.39. The number of hydrogen-bond donors (Lipinski definition) is 2. The first-order chi connectivity index (χ1) is 12.4. The Bertz CT molecular complexity index is 845. The van der Waals surface area contributed by atoms with E-state index in [-0.39, 0.29) is 17.6 Å². The molecule has 1 atom stereocenters. The Morgan fingerprint density at radius 2 is 2.27 bits per heavy atom. The SMILES string of the molecule is C=CCc1cc([C@@H]2CC(=O)NCc3nc(N(C)C)sc32)cc(OC)c1O. The number of hydrogen-bond acceptors (Lipinski definition) is 6. The number of anilines is 1. The van der Waals surface area contributed by atoms with Crippen LogP contribution in [0.2, 0.25) is 0 Å². The van der Waals surface area contributed by atoms with Crippen molar-refractivity contribution in [3.63, 3.8) is 0 Å². The van der Waals surface area contributed by atoms with Crippen LogP contribution in [0.5, 0.6) is 11.5 Å². The number of aromatic nitrogens is 1. The van der Waals surface area contributed by atoms with Crippen LogP contribution in [0.1, 0.15) is 34.0 Å². The fourth-order valence-electron chi connectivity index (χ4n) is 3.10. The van der Waals surface area contributed by atoms with Crippen LogP contribution in [0.3, 0.4) is 0 Å². The van der Waals surface area contributed by atoms with Crippen LogP contribution in [-0.4, -0.2) is 37.2 Å². The van der Waals surface area contributed by atoms with Crippen LogP contribution in [0.4, 0.5) is 5.13 Å². The lowest BCUT2D eigenvalue weighted by molar-refractivity contribution is -0.121. The molecular weight excluding hydrogens is 350 g/mol. The summed E-state index contributed by atoms with van der Waals surface area (Å²) in [5.41, 5.74) is 2.56. The van der Waals surface area contributed by atoms with Gasteiger partial charge in [-0.1, -0.05) is 12.1 Å². The molecule has 1 amide bonds. The van der Waals surface area contributed by atoms with Gasteiger partial charge in [0, 0.05) is 36.9 Å². The maximum atomic E-state index is 12.2. The number of carbonyl (C=O) groups excluding carboxylic acids is 1. The zero-order valence-corrected chi connectivity index (χ0v) is 16.0. The summed E-state index contributed by atoms with van der Waals surface area (Å²) in [6.07, 6.45) is 2.59. The van der Waals surface area contributed by atoms with E-state index in [0.717, 1.165) is 26.8 Å². The summed E-state index contributed by atoms with van der Waals surface area (Å²) in [6.45, 7) is 4.19. The fraction of sp³-hybridized carbons (Fsp3) is 0.368. The highest BCUT2D eigenvalue weighted by atomic mass is 32.1. The highest BCUT2D eigenvalue weighted by molar-refractivity contribution is 7.15. The third-order valence-corrected chi connectivity index (χ3v) is 5.80. The Morgan fingerprint density at radius 3 is 2.92 bits per heavy atom. The quantitative estimate of drug-likeness (QED) is 0.789. The molecule has 2 heterocycles. The summed E-state index contributed by atoms with van der Waals surface area (Å²) in [4.78, 5) is 20.0. The van der Waals surface area contributed by atoms with Crippen molar-refractivity contribution >= 4 is 22.4 Å². The van der Waals surface area contributed by atoms with Gasteiger partial charge in [0.05, 0.1) is 19.3 Å². The maximum absolute atomic E-state index is 12.2. The van der Waals surface area contributed by atoms with Crippen LogP contribution in [0, 0.1) is 0 Å². The number of aromatic hydroxyl groups is 1. The summed E-state index contributed by atoms with van der Waals surface area (Å²) >= 11 is 1.60. The van der Waals surface area contributed by atoms with Gasteiger partial charge in [-0.25, -0.2) is 4.98 Å². The van der Waals surface area contributed by atoms with E-state index in [2.05, 4.69) is 16.9 Å². The van der Waals surface area contributed by atoms with Gasteiger partial charge in [0.2, 0.25) is 5.91 Å². The highest BCUT2D eigenvalue weighted by Gasteiger charge is 2.29. The van der Waals surface area contributed by atoms with Crippen LogP contribution in [-0.2, 0) is 17.8 Å². The Morgan fingerprint density at radius 1 is 1.50 bits per heavy atom. The van der Waals surface area contributed by atoms with Crippen molar-refractivity contribution in [1.29, 1.82) is 0 Å². The predicted molar refractivity (Wildman–Crippen MR) is 103 cm³/mol. The Balaban J connectivity index is 2.14. The Labute approximate surface area is 157 Å². The minimum absolute atomic E-state index is 0.0103. The first-order valence-electron chi connectivity index (χ1n) is 8.38. The zero-order valence-electron chi connectivity index (χ0n) is 15.2. The molecular formula is C19H23N3O3S. The van der Waals surface area contributed by atoms with Crippen molar-refractivity contribution in [2.75, 3.05) is 26.1 Å². The van der Waals surface area contributed by atoms with Crippen molar-refractivity contribution in [3.05, 3.63) is 46.5 Å². The standard InChI is InChI=1S/C19H23N3O3S/c1-5-6-11-7-12(8-15(25-4)17(11)24)13-9-16(23)20-10-14-18(13)26-19(21-14)22(2)3/h5,7-8,13,24H,1,6,9-10H2,2-4H3,(H,20,23)/t13-/m0/s1. The number of thiazole rings is 1. The van der Waals surface area contributed by atoms with Gasteiger partial charge in [-0.2, -0.15) is 0 Å². The summed E-state index contributed by atoms with van der Waals surface area (Å²) < 4.78 is 5.35. The van der Waals surface area contributed by atoms with Gasteiger partial charge in [-0.3, -0.25) is 4.79 Å². The summed E-state index contributed by atoms with van der Waals surface area (Å²) in [5.74, 6) is 0.385. The number of ether oxygens (including phenoxy) is 1. The first-order valence-corrected chi connectivity index (χ1v) is 9.20. The van der Waals surface area contributed by atoms with E-state index in [1.807, 2.05) is 31.1 Å². The van der Waals surface area contributed by atoms with E-state index >= 15 is 0 Å². The van der Waals surface area contributed by atoms with E-state index in [1.54, 1.807) is 17.4 Å². The number of carbonyl (C=O) groups is 1. The second kappa shape index (κ2) is 7.37. The largest absolute Gasteiger partial charge is 0.504 e. The lowest BCUT2D eigenvalue weighted by Gasteiger charge is -2.18. The molecule has 2 aromatic rings. The molecule has 0 aliphatic carbocycles. The van der Waals surface area contributed by atoms with Gasteiger partial charge in [0.15, 0.2) is 16.6 Å². The second-order valence-corrected chi connectivity index (χ2v) is 7.47. The van der Waals surface area contributed by atoms with Gasteiger partial charge in [0.25, 0.3) is 0 Å². The number of nitrogens with zero attached hydrogens (tertiary/aromatic N) is 2. The lowest BCUT2D eigenvalue weighted by Crippen LogP contribution is -2.21. The normalized spacial score (nSPS) is 16.4. The summed E-state index contributed by atoms with van der Waals surface area (Å²) in [5, 5.41) is 14.2. The number of phenols is 1. The van der Waals surface area contributed by atoms with Crippen LogP contribution in [0.25, 0.3) is 0 Å². The average Bonchev–Trinajstić information content (AvgIpc) is 2.98. The second-order valence-electron chi connectivity index (χ2n) is 6.46. The zero-order chi connectivity index (χ0) is 18.8. The molecule has 0 unspecified atom stereocenters. The number of rotatable bonds is 5. The van der Waals surface area contributed by atoms with Gasteiger partial charge >= 0.3 is 0 Å². The van der Waals surface area contributed by atoms with Crippen molar-refractivity contribution in [2.45, 2.75) is 25.3 Å². The smallest absolute Gasteiger partial charge is 0.221 e. The fourth-order valence-corrected chi connectivity index (χ4v) is 4.23. The molecule has 1 aromatic heterocycles. The molecule has 2 N–H and O–H groups in total. The molecule has 0 saturated carbocycles. The molecule has 1 aromatic carbocycles.